The number of carbonyl (C=O) groups is 2. The van der Waals surface area contributed by atoms with E-state index in [-0.39, 0.29) is 6.61 Å². The summed E-state index contributed by atoms with van der Waals surface area (Å²) in [6, 6.07) is 4.96. The zero-order valence-corrected chi connectivity index (χ0v) is 8.41. The minimum absolute atomic E-state index is 0.0108. The predicted molar refractivity (Wildman–Crippen MR) is 58.0 cm³/mol. The Morgan fingerprint density at radius 1 is 1.31 bits per heavy atom. The van der Waals surface area contributed by atoms with E-state index in [1.54, 1.807) is 18.2 Å². The highest BCUT2D eigenvalue weighted by atomic mass is 16.2. The number of hydrogen-bond donors (Lipinski definition) is 2. The van der Waals surface area contributed by atoms with Crippen LogP contribution in [0.2, 0.25) is 0 Å². The van der Waals surface area contributed by atoms with Gasteiger partial charge in [-0.3, -0.25) is 9.59 Å². The van der Waals surface area contributed by atoms with Gasteiger partial charge in [-0.1, -0.05) is 11.8 Å². The molecule has 1 amide bonds. The Morgan fingerprint density at radius 2 is 2.12 bits per heavy atom. The zero-order valence-electron chi connectivity index (χ0n) is 8.41. The van der Waals surface area contributed by atoms with Crippen molar-refractivity contribution in [2.75, 3.05) is 11.9 Å². The number of benzene rings is 1. The molecule has 1 aromatic rings. The quantitative estimate of drug-likeness (QED) is 0.531. The van der Waals surface area contributed by atoms with Gasteiger partial charge in [0, 0.05) is 12.0 Å². The van der Waals surface area contributed by atoms with Crippen molar-refractivity contribution < 1.29 is 14.7 Å². The minimum atomic E-state index is -0.601. The molecule has 1 aliphatic rings. The highest BCUT2D eigenvalue weighted by Crippen LogP contribution is 2.23. The van der Waals surface area contributed by atoms with Gasteiger partial charge in [0.05, 0.1) is 17.9 Å². The summed E-state index contributed by atoms with van der Waals surface area (Å²) in [5.41, 5.74) is 1.56. The van der Waals surface area contributed by atoms with Crippen LogP contribution in [0.1, 0.15) is 22.3 Å². The van der Waals surface area contributed by atoms with Crippen LogP contribution in [0.4, 0.5) is 5.69 Å². The van der Waals surface area contributed by atoms with Crippen LogP contribution in [0.15, 0.2) is 18.2 Å². The molecule has 1 aromatic carbocycles. The molecule has 16 heavy (non-hydrogen) atoms. The van der Waals surface area contributed by atoms with E-state index in [4.69, 9.17) is 5.11 Å². The van der Waals surface area contributed by atoms with E-state index in [9.17, 15) is 9.59 Å². The van der Waals surface area contributed by atoms with Crippen LogP contribution in [0.5, 0.6) is 0 Å². The van der Waals surface area contributed by atoms with E-state index < -0.39 is 11.7 Å². The van der Waals surface area contributed by atoms with Gasteiger partial charge in [-0.15, -0.1) is 0 Å². The average Bonchev–Trinajstić information content (AvgIpc) is 2.56. The molecule has 1 aliphatic heterocycles. The molecule has 0 spiro atoms. The smallest absolute Gasteiger partial charge is 0.296 e. The summed E-state index contributed by atoms with van der Waals surface area (Å²) in [5, 5.41) is 11.0. The standard InChI is InChI=1S/C12H9NO3/c14-6-2-1-3-8-4-5-10-9(7-8)11(15)12(16)13-10/h4-5,7,14H,2,6H2,(H,13,15,16). The van der Waals surface area contributed by atoms with Gasteiger partial charge in [0.25, 0.3) is 11.7 Å². The van der Waals surface area contributed by atoms with Crippen LogP contribution < -0.4 is 5.32 Å². The molecular formula is C12H9NO3. The molecule has 0 aliphatic carbocycles. The first-order valence-corrected chi connectivity index (χ1v) is 4.82. The lowest BCUT2D eigenvalue weighted by Crippen LogP contribution is -2.12. The summed E-state index contributed by atoms with van der Waals surface area (Å²) in [4.78, 5) is 22.5. The van der Waals surface area contributed by atoms with E-state index in [1.165, 1.54) is 0 Å². The number of aliphatic hydroxyl groups is 1. The number of aliphatic hydroxyl groups excluding tert-OH is 1. The largest absolute Gasteiger partial charge is 0.395 e. The van der Waals surface area contributed by atoms with Crippen molar-refractivity contribution in [3.63, 3.8) is 0 Å². The lowest BCUT2D eigenvalue weighted by Gasteiger charge is -1.96. The Kier molecular flexibility index (Phi) is 2.71. The van der Waals surface area contributed by atoms with Crippen LogP contribution >= 0.6 is 0 Å². The molecule has 0 unspecified atom stereocenters. The number of rotatable bonds is 1. The third-order valence-corrected chi connectivity index (χ3v) is 2.19. The first kappa shape index (κ1) is 10.4. The number of ketones is 1. The van der Waals surface area contributed by atoms with Crippen LogP contribution in [-0.4, -0.2) is 23.4 Å². The van der Waals surface area contributed by atoms with E-state index in [0.717, 1.165) is 0 Å². The molecule has 4 nitrogen and oxygen atoms in total. The number of hydrogen-bond acceptors (Lipinski definition) is 3. The second-order valence-electron chi connectivity index (χ2n) is 3.32. The van der Waals surface area contributed by atoms with Gasteiger partial charge in [-0.25, -0.2) is 0 Å². The molecule has 1 heterocycles. The molecule has 0 fully saturated rings. The highest BCUT2D eigenvalue weighted by molar-refractivity contribution is 6.51. The van der Waals surface area contributed by atoms with Crippen LogP contribution in [0, 0.1) is 11.8 Å². The Morgan fingerprint density at radius 3 is 2.88 bits per heavy atom. The molecular weight excluding hydrogens is 206 g/mol. The molecule has 0 atom stereocenters. The van der Waals surface area contributed by atoms with Crippen molar-refractivity contribution in [1.82, 2.24) is 0 Å². The van der Waals surface area contributed by atoms with Crippen molar-refractivity contribution >= 4 is 17.4 Å². The third kappa shape index (κ3) is 1.81. The number of nitrogens with one attached hydrogen (secondary N) is 1. The zero-order chi connectivity index (χ0) is 11.5. The van der Waals surface area contributed by atoms with Crippen LogP contribution in [0.3, 0.4) is 0 Å². The summed E-state index contributed by atoms with van der Waals surface area (Å²) >= 11 is 0. The molecule has 0 saturated carbocycles. The normalized spacial score (nSPS) is 12.8. The van der Waals surface area contributed by atoms with Crippen molar-refractivity contribution in [2.24, 2.45) is 0 Å². The third-order valence-electron chi connectivity index (χ3n) is 2.19. The van der Waals surface area contributed by atoms with E-state index in [1.807, 2.05) is 0 Å². The Labute approximate surface area is 92.3 Å². The summed E-state index contributed by atoms with van der Waals surface area (Å²) < 4.78 is 0. The first-order chi connectivity index (χ1) is 7.72. The Hall–Kier alpha value is -2.12. The second kappa shape index (κ2) is 4.17. The van der Waals surface area contributed by atoms with Crippen LogP contribution in [0.25, 0.3) is 0 Å². The van der Waals surface area contributed by atoms with Crippen molar-refractivity contribution in [2.45, 2.75) is 6.42 Å². The van der Waals surface area contributed by atoms with Gasteiger partial charge in [-0.2, -0.15) is 0 Å². The molecule has 2 rings (SSSR count). The number of amides is 1. The summed E-state index contributed by atoms with van der Waals surface area (Å²) in [6.07, 6.45) is 0.391. The van der Waals surface area contributed by atoms with Gasteiger partial charge in [0.15, 0.2) is 0 Å². The molecule has 0 bridgehead atoms. The fraction of sp³-hybridized carbons (Fsp3) is 0.167. The number of Topliss-reactive ketones (excluding diaryl/α,β-unsaturated/α-hetero) is 1. The maximum absolute atomic E-state index is 11.4. The molecule has 2 N–H and O–H groups in total. The lowest BCUT2D eigenvalue weighted by atomic mass is 10.1. The summed E-state index contributed by atoms with van der Waals surface area (Å²) in [7, 11) is 0. The van der Waals surface area contributed by atoms with Gasteiger partial charge in [0.2, 0.25) is 0 Å². The monoisotopic (exact) mass is 215 g/mol. The minimum Gasteiger partial charge on any atom is -0.395 e. The first-order valence-electron chi connectivity index (χ1n) is 4.82. The second-order valence-corrected chi connectivity index (χ2v) is 3.32. The number of carbonyl (C=O) groups excluding carboxylic acids is 2. The number of anilines is 1. The van der Waals surface area contributed by atoms with Crippen molar-refractivity contribution in [1.29, 1.82) is 0 Å². The van der Waals surface area contributed by atoms with E-state index in [2.05, 4.69) is 17.2 Å². The fourth-order valence-electron chi connectivity index (χ4n) is 1.44. The van der Waals surface area contributed by atoms with Gasteiger partial charge in [0.1, 0.15) is 0 Å². The SMILES string of the molecule is O=C1Nc2ccc(C#CCCO)cc2C1=O. The lowest BCUT2D eigenvalue weighted by molar-refractivity contribution is -0.112. The predicted octanol–water partition coefficient (Wildman–Crippen LogP) is 0.555. The molecule has 0 aromatic heterocycles. The van der Waals surface area contributed by atoms with E-state index >= 15 is 0 Å². The molecule has 0 saturated heterocycles. The van der Waals surface area contributed by atoms with E-state index in [0.29, 0.717) is 23.2 Å². The van der Waals surface area contributed by atoms with Gasteiger partial charge in [-0.05, 0) is 18.2 Å². The van der Waals surface area contributed by atoms with Gasteiger partial charge < -0.3 is 10.4 Å². The molecule has 4 heteroatoms. The van der Waals surface area contributed by atoms with Crippen LogP contribution in [-0.2, 0) is 4.79 Å². The summed E-state index contributed by atoms with van der Waals surface area (Å²) in [5.74, 6) is 4.43. The molecule has 0 radical (unpaired) electrons. The topological polar surface area (TPSA) is 66.4 Å². The Balaban J connectivity index is 2.32. The van der Waals surface area contributed by atoms with Crippen molar-refractivity contribution in [3.05, 3.63) is 29.3 Å². The highest BCUT2D eigenvalue weighted by Gasteiger charge is 2.27. The molecule has 80 valence electrons. The fourth-order valence-corrected chi connectivity index (χ4v) is 1.44. The Bertz CT molecular complexity index is 523. The number of fused-ring (bicyclic) bond motifs is 1. The maximum atomic E-state index is 11.4. The summed E-state index contributed by atoms with van der Waals surface area (Å²) in [6.45, 7) is 0.0108. The maximum Gasteiger partial charge on any atom is 0.296 e. The van der Waals surface area contributed by atoms with Gasteiger partial charge >= 0.3 is 0 Å². The van der Waals surface area contributed by atoms with Crippen molar-refractivity contribution in [3.8, 4) is 11.8 Å². The average molecular weight is 215 g/mol.